The van der Waals surface area contributed by atoms with Gasteiger partial charge in [-0.3, -0.25) is 4.79 Å². The Hall–Kier alpha value is -2.33. The van der Waals surface area contributed by atoms with Crippen LogP contribution in [-0.4, -0.2) is 11.1 Å². The van der Waals surface area contributed by atoms with Gasteiger partial charge in [0.05, 0.1) is 0 Å². The summed E-state index contributed by atoms with van der Waals surface area (Å²) in [6, 6.07) is 7.22. The third-order valence-electron chi connectivity index (χ3n) is 1.79. The number of terminal acetylenes is 1. The number of carbonyl (C=O) groups is 1. The lowest BCUT2D eigenvalue weighted by Gasteiger charge is -2.05. The van der Waals surface area contributed by atoms with Gasteiger partial charge in [-0.2, -0.15) is 0 Å². The fraction of sp³-hybridized carbons (Fsp3) is 0.182. The van der Waals surface area contributed by atoms with Crippen LogP contribution in [0.2, 0.25) is 0 Å². The first-order valence-corrected chi connectivity index (χ1v) is 4.10. The predicted octanol–water partition coefficient (Wildman–Crippen LogP) is 1.83. The molecule has 0 aliphatic carbocycles. The molecule has 0 bridgehead atoms. The van der Waals surface area contributed by atoms with E-state index in [9.17, 15) is 4.79 Å². The number of aryl methyl sites for hydroxylation is 1. The number of carboxylic acid groups (broad SMARTS) is 1. The first-order valence-electron chi connectivity index (χ1n) is 4.10. The molecule has 0 heterocycles. The van der Waals surface area contributed by atoms with E-state index >= 15 is 0 Å². The van der Waals surface area contributed by atoms with Gasteiger partial charge in [0.2, 0.25) is 0 Å². The molecule has 0 saturated carbocycles. The van der Waals surface area contributed by atoms with Gasteiger partial charge < -0.3 is 5.11 Å². The maximum atomic E-state index is 10.7. The summed E-state index contributed by atoms with van der Waals surface area (Å²) < 4.78 is 0. The van der Waals surface area contributed by atoms with Crippen molar-refractivity contribution in [2.75, 3.05) is 0 Å². The van der Waals surface area contributed by atoms with Crippen molar-refractivity contribution in [3.63, 3.8) is 0 Å². The van der Waals surface area contributed by atoms with Crippen molar-refractivity contribution < 1.29 is 9.90 Å². The van der Waals surface area contributed by atoms with Crippen molar-refractivity contribution in [1.82, 2.24) is 0 Å². The number of benzene rings is 1. The van der Waals surface area contributed by atoms with Gasteiger partial charge in [0, 0.05) is 10.8 Å². The van der Waals surface area contributed by atoms with E-state index in [2.05, 4.69) is 5.92 Å². The van der Waals surface area contributed by atoms with Gasteiger partial charge in [0.25, 0.3) is 0 Å². The minimum Gasteiger partial charge on any atom is -0.480 e. The average molecular weight is 202 g/mol. The fourth-order valence-corrected chi connectivity index (χ4v) is 1.16. The maximum absolute atomic E-state index is 10.7. The molecule has 0 aromatic heterocycles. The van der Waals surface area contributed by atoms with Gasteiger partial charge >= 0.3 is 5.97 Å². The first kappa shape index (κ1) is 12.7. The minimum absolute atomic E-state index is 0.662. The summed E-state index contributed by atoms with van der Waals surface area (Å²) in [4.78, 5) is 10.7. The molecule has 1 atom stereocenters. The van der Waals surface area contributed by atoms with Crippen molar-refractivity contribution in [1.29, 1.82) is 10.8 Å². The topological polar surface area (TPSA) is 84.9 Å². The van der Waals surface area contributed by atoms with E-state index in [4.69, 9.17) is 22.3 Å². The molecule has 1 unspecified atom stereocenters. The number of nitrogens with zero attached hydrogens (tertiary/aromatic N) is 2. The third-order valence-corrected chi connectivity index (χ3v) is 1.79. The molecule has 0 aliphatic heterocycles. The lowest BCUT2D eigenvalue weighted by molar-refractivity contribution is -0.137. The van der Waals surface area contributed by atoms with Crippen LogP contribution >= 0.6 is 0 Å². The molecule has 1 N–H and O–H groups in total. The number of hydrogen-bond donors (Lipinski definition) is 1. The second-order valence-corrected chi connectivity index (χ2v) is 2.85. The zero-order valence-corrected chi connectivity index (χ0v) is 8.21. The Morgan fingerprint density at radius 2 is 2.13 bits per heavy atom. The number of hydrogen-bond acceptors (Lipinski definition) is 3. The Bertz CT molecular complexity index is 405. The summed E-state index contributed by atoms with van der Waals surface area (Å²) >= 11 is 0. The first-order chi connectivity index (χ1) is 7.15. The summed E-state index contributed by atoms with van der Waals surface area (Å²) in [5.41, 5.74) is 1.68. The van der Waals surface area contributed by atoms with Crippen molar-refractivity contribution in [3.05, 3.63) is 35.4 Å². The van der Waals surface area contributed by atoms with Gasteiger partial charge in [0.1, 0.15) is 5.92 Å². The van der Waals surface area contributed by atoms with Gasteiger partial charge in [-0.15, -0.1) is 6.42 Å². The van der Waals surface area contributed by atoms with E-state index in [1.807, 2.05) is 13.0 Å². The van der Waals surface area contributed by atoms with Crippen LogP contribution in [0.3, 0.4) is 0 Å². The molecule has 4 heteroatoms. The van der Waals surface area contributed by atoms with E-state index in [1.54, 1.807) is 18.2 Å². The molecule has 4 nitrogen and oxygen atoms in total. The van der Waals surface area contributed by atoms with Crippen LogP contribution in [0.25, 0.3) is 0 Å². The van der Waals surface area contributed by atoms with Gasteiger partial charge in [0.15, 0.2) is 0 Å². The average Bonchev–Trinajstić information content (AvgIpc) is 2.21. The smallest absolute Gasteiger partial charge is 0.323 e. The Morgan fingerprint density at radius 1 is 1.53 bits per heavy atom. The third kappa shape index (κ3) is 3.50. The number of carboxylic acids is 1. The van der Waals surface area contributed by atoms with Crippen LogP contribution in [0.4, 0.5) is 0 Å². The van der Waals surface area contributed by atoms with Crippen molar-refractivity contribution in [2.45, 2.75) is 12.8 Å². The summed E-state index contributed by atoms with van der Waals surface area (Å²) in [5, 5.41) is 20.8. The molecular formula is C11H10N2O2. The van der Waals surface area contributed by atoms with Crippen molar-refractivity contribution in [2.24, 2.45) is 0 Å². The minimum atomic E-state index is -0.979. The molecule has 1 rings (SSSR count). The molecule has 0 spiro atoms. The molecule has 0 radical (unpaired) electrons. The van der Waals surface area contributed by atoms with E-state index < -0.39 is 11.9 Å². The van der Waals surface area contributed by atoms with E-state index in [0.29, 0.717) is 5.56 Å². The number of rotatable bonds is 2. The summed E-state index contributed by atoms with van der Waals surface area (Å²) in [7, 11) is 0. The maximum Gasteiger partial charge on any atom is 0.323 e. The highest BCUT2D eigenvalue weighted by atomic mass is 16.4. The Kier molecular flexibility index (Phi) is 5.21. The SMILES string of the molecule is C#CC(C(=O)O)c1cccc(C)c1.N#N. The molecule has 0 aliphatic rings. The highest BCUT2D eigenvalue weighted by Crippen LogP contribution is 2.16. The normalized spacial score (nSPS) is 10.3. The van der Waals surface area contributed by atoms with Crippen LogP contribution in [0.15, 0.2) is 24.3 Å². The van der Waals surface area contributed by atoms with Gasteiger partial charge in [-0.25, -0.2) is 0 Å². The lowest BCUT2D eigenvalue weighted by atomic mass is 9.99. The number of aliphatic carboxylic acids is 1. The Labute approximate surface area is 88.0 Å². The second-order valence-electron chi connectivity index (χ2n) is 2.85. The summed E-state index contributed by atoms with van der Waals surface area (Å²) in [6.07, 6.45) is 5.12. The molecule has 76 valence electrons. The van der Waals surface area contributed by atoms with E-state index in [-0.39, 0.29) is 0 Å². The molecule has 1 aromatic rings. The highest BCUT2D eigenvalue weighted by Gasteiger charge is 2.15. The predicted molar refractivity (Wildman–Crippen MR) is 53.8 cm³/mol. The second kappa shape index (κ2) is 6.17. The van der Waals surface area contributed by atoms with Crippen molar-refractivity contribution in [3.8, 4) is 12.3 Å². The largest absolute Gasteiger partial charge is 0.480 e. The van der Waals surface area contributed by atoms with Gasteiger partial charge in [-0.05, 0) is 12.5 Å². The molecule has 0 fully saturated rings. The standard InChI is InChI=1S/C11H10O2.N2/c1-3-10(11(12)13)9-6-4-5-8(2)7-9;1-2/h1,4-7,10H,2H3,(H,12,13);. The van der Waals surface area contributed by atoms with Crippen LogP contribution in [0, 0.1) is 30.1 Å². The molecule has 1 aromatic carbocycles. The van der Waals surface area contributed by atoms with Crippen LogP contribution in [0.5, 0.6) is 0 Å². The lowest BCUT2D eigenvalue weighted by Crippen LogP contribution is -2.09. The summed E-state index contributed by atoms with van der Waals surface area (Å²) in [6.45, 7) is 1.90. The van der Waals surface area contributed by atoms with E-state index in [0.717, 1.165) is 5.56 Å². The molecule has 15 heavy (non-hydrogen) atoms. The Balaban J connectivity index is 0.000000921. The highest BCUT2D eigenvalue weighted by molar-refractivity contribution is 5.79. The van der Waals surface area contributed by atoms with Gasteiger partial charge in [-0.1, -0.05) is 35.7 Å². The van der Waals surface area contributed by atoms with Crippen LogP contribution < -0.4 is 0 Å². The fourth-order valence-electron chi connectivity index (χ4n) is 1.16. The summed E-state index contributed by atoms with van der Waals surface area (Å²) in [5.74, 6) is 0.433. The van der Waals surface area contributed by atoms with Crippen molar-refractivity contribution >= 4 is 5.97 Å². The Morgan fingerprint density at radius 3 is 2.53 bits per heavy atom. The molecule has 0 saturated heterocycles. The molecule has 0 amide bonds. The molecular weight excluding hydrogens is 192 g/mol. The zero-order chi connectivity index (χ0) is 11.8. The van der Waals surface area contributed by atoms with Crippen LogP contribution in [-0.2, 0) is 4.79 Å². The van der Waals surface area contributed by atoms with E-state index in [1.165, 1.54) is 0 Å². The van der Waals surface area contributed by atoms with Crippen LogP contribution in [0.1, 0.15) is 17.0 Å². The zero-order valence-electron chi connectivity index (χ0n) is 8.21. The quantitative estimate of drug-likeness (QED) is 0.585. The monoisotopic (exact) mass is 202 g/mol.